The van der Waals surface area contributed by atoms with Gasteiger partial charge in [0, 0.05) is 37.3 Å². The summed E-state index contributed by atoms with van der Waals surface area (Å²) in [5.74, 6) is -0.170. The van der Waals surface area contributed by atoms with Crippen LogP contribution in [0.5, 0.6) is 0 Å². The first kappa shape index (κ1) is 23.8. The van der Waals surface area contributed by atoms with Gasteiger partial charge in [-0.25, -0.2) is 4.98 Å². The van der Waals surface area contributed by atoms with E-state index >= 15 is 0 Å². The van der Waals surface area contributed by atoms with E-state index in [0.717, 1.165) is 30.1 Å². The van der Waals surface area contributed by atoms with Crippen LogP contribution in [0.3, 0.4) is 0 Å². The fourth-order valence-corrected chi connectivity index (χ4v) is 4.63. The molecule has 0 saturated carbocycles. The normalized spacial score (nSPS) is 14.2. The monoisotopic (exact) mass is 520 g/mol. The maximum Gasteiger partial charge on any atom is 0.418 e. The first-order valence-corrected chi connectivity index (χ1v) is 12.0. The maximum absolute atomic E-state index is 13.5. The number of aromatic nitrogens is 4. The molecule has 6 rings (SSSR count). The molecular weight excluding hydrogens is 497 g/mol. The van der Waals surface area contributed by atoms with E-state index in [4.69, 9.17) is 0 Å². The molecule has 1 aliphatic heterocycles. The standard InChI is InChI=1S/C26H23F3N8O/c27-26(28,29)18-3-1-2-4-19(18)33-25-34-21-12-17(23(13-22(21)35-25)37-9-7-30-8-10-37)24(38)32-16-6-5-15-14-31-36-20(15)11-16/h1-6,11-14,30H,7-10H2,(H,31,36)(H,32,38)(H2,33,34,35). The third-order valence-electron chi connectivity index (χ3n) is 6.49. The van der Waals surface area contributed by atoms with Crippen molar-refractivity contribution in [2.75, 3.05) is 41.7 Å². The summed E-state index contributed by atoms with van der Waals surface area (Å²) in [4.78, 5) is 23.1. The Hall–Kier alpha value is -4.58. The number of alkyl halides is 3. The number of nitrogens with zero attached hydrogens (tertiary/aromatic N) is 3. The van der Waals surface area contributed by atoms with Crippen molar-refractivity contribution in [3.05, 3.63) is 71.9 Å². The van der Waals surface area contributed by atoms with Gasteiger partial charge in [0.2, 0.25) is 5.95 Å². The van der Waals surface area contributed by atoms with Crippen molar-refractivity contribution < 1.29 is 18.0 Å². The van der Waals surface area contributed by atoms with E-state index in [1.165, 1.54) is 18.2 Å². The van der Waals surface area contributed by atoms with E-state index in [9.17, 15) is 18.0 Å². The molecule has 1 amide bonds. The summed E-state index contributed by atoms with van der Waals surface area (Å²) in [7, 11) is 0. The lowest BCUT2D eigenvalue weighted by Gasteiger charge is -2.30. The quantitative estimate of drug-likeness (QED) is 0.226. The number of aromatic amines is 2. The minimum absolute atomic E-state index is 0.117. The van der Waals surface area contributed by atoms with Crippen LogP contribution in [-0.2, 0) is 6.18 Å². The van der Waals surface area contributed by atoms with Crippen molar-refractivity contribution >= 4 is 50.9 Å². The van der Waals surface area contributed by atoms with Crippen molar-refractivity contribution in [3.63, 3.8) is 0 Å². The molecule has 0 spiro atoms. The molecule has 5 N–H and O–H groups in total. The van der Waals surface area contributed by atoms with Crippen molar-refractivity contribution in [1.29, 1.82) is 0 Å². The molecule has 0 atom stereocenters. The third-order valence-corrected chi connectivity index (χ3v) is 6.49. The average molecular weight is 521 g/mol. The Kier molecular flexibility index (Phi) is 5.87. The van der Waals surface area contributed by atoms with E-state index in [1.54, 1.807) is 30.5 Å². The van der Waals surface area contributed by atoms with Crippen LogP contribution < -0.4 is 20.9 Å². The summed E-state index contributed by atoms with van der Waals surface area (Å²) >= 11 is 0. The number of benzene rings is 3. The van der Waals surface area contributed by atoms with E-state index < -0.39 is 11.7 Å². The number of piperazine rings is 1. The molecule has 3 aromatic carbocycles. The minimum Gasteiger partial charge on any atom is -0.368 e. The molecule has 5 aromatic rings. The summed E-state index contributed by atoms with van der Waals surface area (Å²) in [5, 5.41) is 16.8. The van der Waals surface area contributed by atoms with Crippen LogP contribution in [0, 0.1) is 0 Å². The fourth-order valence-electron chi connectivity index (χ4n) is 4.63. The van der Waals surface area contributed by atoms with Crippen LogP contribution in [0.15, 0.2) is 60.8 Å². The molecule has 0 aliphatic carbocycles. The van der Waals surface area contributed by atoms with Gasteiger partial charge in [-0.05, 0) is 42.5 Å². The lowest BCUT2D eigenvalue weighted by atomic mass is 10.1. The molecule has 0 radical (unpaired) electrons. The molecule has 2 aromatic heterocycles. The second-order valence-corrected chi connectivity index (χ2v) is 9.00. The highest BCUT2D eigenvalue weighted by Crippen LogP contribution is 2.36. The Bertz CT molecular complexity index is 1630. The number of halogens is 3. The van der Waals surface area contributed by atoms with Crippen LogP contribution in [0.2, 0.25) is 0 Å². The number of carbonyl (C=O) groups is 1. The van der Waals surface area contributed by atoms with E-state index in [0.29, 0.717) is 41.1 Å². The van der Waals surface area contributed by atoms with Crippen LogP contribution in [0.25, 0.3) is 21.9 Å². The fraction of sp³-hybridized carbons (Fsp3) is 0.192. The van der Waals surface area contributed by atoms with Gasteiger partial charge in [-0.3, -0.25) is 9.89 Å². The van der Waals surface area contributed by atoms with E-state index in [1.807, 2.05) is 6.07 Å². The molecule has 0 bridgehead atoms. The van der Waals surface area contributed by atoms with E-state index in [2.05, 4.69) is 41.0 Å². The Morgan fingerprint density at radius 3 is 2.63 bits per heavy atom. The molecule has 38 heavy (non-hydrogen) atoms. The first-order valence-electron chi connectivity index (χ1n) is 12.0. The largest absolute Gasteiger partial charge is 0.418 e. The average Bonchev–Trinajstić information content (AvgIpc) is 3.53. The van der Waals surface area contributed by atoms with Crippen molar-refractivity contribution in [1.82, 2.24) is 25.5 Å². The Balaban J connectivity index is 1.36. The maximum atomic E-state index is 13.5. The van der Waals surface area contributed by atoms with Gasteiger partial charge in [0.25, 0.3) is 5.91 Å². The number of carbonyl (C=O) groups excluding carboxylic acids is 1. The zero-order valence-corrected chi connectivity index (χ0v) is 20.0. The number of hydrogen-bond donors (Lipinski definition) is 5. The highest BCUT2D eigenvalue weighted by atomic mass is 19.4. The molecule has 194 valence electrons. The van der Waals surface area contributed by atoms with Gasteiger partial charge in [-0.2, -0.15) is 18.3 Å². The number of para-hydroxylation sites is 1. The number of rotatable bonds is 5. The predicted octanol–water partition coefficient (Wildman–Crippen LogP) is 4.86. The summed E-state index contributed by atoms with van der Waals surface area (Å²) in [5.41, 5.74) is 2.66. The van der Waals surface area contributed by atoms with Gasteiger partial charge in [0.05, 0.1) is 45.2 Å². The van der Waals surface area contributed by atoms with Crippen molar-refractivity contribution in [2.24, 2.45) is 0 Å². The molecule has 12 heteroatoms. The highest BCUT2D eigenvalue weighted by molar-refractivity contribution is 6.11. The first-order chi connectivity index (χ1) is 18.3. The summed E-state index contributed by atoms with van der Waals surface area (Å²) in [6, 6.07) is 14.2. The van der Waals surface area contributed by atoms with Gasteiger partial charge in [-0.15, -0.1) is 0 Å². The topological polar surface area (TPSA) is 114 Å². The molecule has 9 nitrogen and oxygen atoms in total. The number of amides is 1. The number of H-pyrrole nitrogens is 2. The lowest BCUT2D eigenvalue weighted by Crippen LogP contribution is -2.44. The molecule has 3 heterocycles. The van der Waals surface area contributed by atoms with E-state index in [-0.39, 0.29) is 17.5 Å². The Morgan fingerprint density at radius 2 is 1.82 bits per heavy atom. The van der Waals surface area contributed by atoms with Crippen molar-refractivity contribution in [3.8, 4) is 0 Å². The zero-order valence-electron chi connectivity index (χ0n) is 20.0. The van der Waals surface area contributed by atoms with Gasteiger partial charge in [0.1, 0.15) is 0 Å². The highest BCUT2D eigenvalue weighted by Gasteiger charge is 2.33. The number of fused-ring (bicyclic) bond motifs is 2. The lowest BCUT2D eigenvalue weighted by molar-refractivity contribution is -0.136. The van der Waals surface area contributed by atoms with Gasteiger partial charge < -0.3 is 25.8 Å². The van der Waals surface area contributed by atoms with Crippen LogP contribution in [0.1, 0.15) is 15.9 Å². The summed E-state index contributed by atoms with van der Waals surface area (Å²) in [6.45, 7) is 2.91. The smallest absolute Gasteiger partial charge is 0.368 e. The minimum atomic E-state index is -4.52. The molecule has 1 saturated heterocycles. The van der Waals surface area contributed by atoms with Gasteiger partial charge in [-0.1, -0.05) is 12.1 Å². The number of hydrogen-bond acceptors (Lipinski definition) is 6. The predicted molar refractivity (Wildman–Crippen MR) is 140 cm³/mol. The second-order valence-electron chi connectivity index (χ2n) is 9.00. The number of anilines is 4. The molecule has 1 aliphatic rings. The molecular formula is C26H23F3N8O. The van der Waals surface area contributed by atoms with Gasteiger partial charge >= 0.3 is 6.18 Å². The molecule has 0 unspecified atom stereocenters. The third kappa shape index (κ3) is 4.61. The Morgan fingerprint density at radius 1 is 1.00 bits per heavy atom. The SMILES string of the molecule is O=C(Nc1ccc2cn[nH]c2c1)c1cc2[nH]c(Nc3ccccc3C(F)(F)F)nc2cc1N1CCNCC1. The van der Waals surface area contributed by atoms with Crippen LogP contribution in [-0.4, -0.2) is 52.3 Å². The van der Waals surface area contributed by atoms with Crippen LogP contribution >= 0.6 is 0 Å². The van der Waals surface area contributed by atoms with Crippen LogP contribution in [0.4, 0.5) is 36.2 Å². The summed E-state index contributed by atoms with van der Waals surface area (Å²) in [6.07, 6.45) is -2.82. The summed E-state index contributed by atoms with van der Waals surface area (Å²) < 4.78 is 40.4. The zero-order chi connectivity index (χ0) is 26.3. The second kappa shape index (κ2) is 9.38. The molecule has 1 fully saturated rings. The van der Waals surface area contributed by atoms with Gasteiger partial charge in [0.15, 0.2) is 0 Å². The number of imidazole rings is 1. The van der Waals surface area contributed by atoms with Crippen molar-refractivity contribution in [2.45, 2.75) is 6.18 Å². The number of nitrogens with one attached hydrogen (secondary N) is 5. The Labute approximate surface area is 214 Å².